The van der Waals surface area contributed by atoms with Crippen LogP contribution in [0.15, 0.2) is 30.3 Å². The summed E-state index contributed by atoms with van der Waals surface area (Å²) in [6, 6.07) is 10.2. The van der Waals surface area contributed by atoms with Gasteiger partial charge in [-0.15, -0.1) is 0 Å². The van der Waals surface area contributed by atoms with Crippen LogP contribution in [0, 0.1) is 11.8 Å². The lowest BCUT2D eigenvalue weighted by Gasteiger charge is -2.27. The van der Waals surface area contributed by atoms with Crippen LogP contribution in [0.2, 0.25) is 0 Å². The Morgan fingerprint density at radius 1 is 1.17 bits per heavy atom. The number of rotatable bonds is 8. The Morgan fingerprint density at radius 3 is 2.48 bits per heavy atom. The molecule has 3 nitrogen and oxygen atoms in total. The molecule has 128 valence electrons. The Balaban J connectivity index is 2.04. The first-order valence-corrected chi connectivity index (χ1v) is 8.99. The summed E-state index contributed by atoms with van der Waals surface area (Å²) in [5, 5.41) is 0. The second kappa shape index (κ2) is 9.71. The predicted octanol–water partition coefficient (Wildman–Crippen LogP) is 4.91. The van der Waals surface area contributed by atoms with Gasteiger partial charge in [0.15, 0.2) is 0 Å². The van der Waals surface area contributed by atoms with Gasteiger partial charge in [-0.2, -0.15) is 0 Å². The number of carbonyl (C=O) groups excluding carboxylic acids is 1. The lowest BCUT2D eigenvalue weighted by atomic mass is 9.80. The lowest BCUT2D eigenvalue weighted by Crippen LogP contribution is -2.24. The number of carbonyl (C=O) groups is 1. The highest BCUT2D eigenvalue weighted by atomic mass is 16.5. The van der Waals surface area contributed by atoms with E-state index in [2.05, 4.69) is 12.1 Å². The van der Waals surface area contributed by atoms with Crippen LogP contribution in [0.5, 0.6) is 0 Å². The van der Waals surface area contributed by atoms with Crippen molar-refractivity contribution in [1.29, 1.82) is 0 Å². The van der Waals surface area contributed by atoms with Crippen molar-refractivity contribution in [3.05, 3.63) is 35.9 Å². The molecule has 0 bridgehead atoms. The van der Waals surface area contributed by atoms with Gasteiger partial charge in [-0.3, -0.25) is 4.79 Å². The Hall–Kier alpha value is -1.35. The minimum Gasteiger partial charge on any atom is -0.466 e. The van der Waals surface area contributed by atoms with Crippen LogP contribution in [-0.2, 0) is 14.3 Å². The van der Waals surface area contributed by atoms with Gasteiger partial charge in [0, 0.05) is 7.11 Å². The molecule has 1 saturated carbocycles. The van der Waals surface area contributed by atoms with Gasteiger partial charge in [0.1, 0.15) is 0 Å². The zero-order chi connectivity index (χ0) is 16.5. The third kappa shape index (κ3) is 5.65. The van der Waals surface area contributed by atoms with Crippen LogP contribution in [-0.4, -0.2) is 19.7 Å². The van der Waals surface area contributed by atoms with Gasteiger partial charge in [-0.25, -0.2) is 0 Å². The van der Waals surface area contributed by atoms with Crippen molar-refractivity contribution in [2.45, 2.75) is 58.0 Å². The summed E-state index contributed by atoms with van der Waals surface area (Å²) in [7, 11) is 1.72. The molecule has 2 atom stereocenters. The number of ether oxygens (including phenoxy) is 2. The van der Waals surface area contributed by atoms with Crippen molar-refractivity contribution in [1.82, 2.24) is 0 Å². The topological polar surface area (TPSA) is 35.5 Å². The van der Waals surface area contributed by atoms with E-state index in [1.165, 1.54) is 32.1 Å². The largest absolute Gasteiger partial charge is 0.466 e. The van der Waals surface area contributed by atoms with Gasteiger partial charge in [-0.1, -0.05) is 62.4 Å². The maximum atomic E-state index is 12.4. The molecule has 0 saturated heterocycles. The van der Waals surface area contributed by atoms with Gasteiger partial charge in [0.25, 0.3) is 0 Å². The molecule has 1 aromatic carbocycles. The molecule has 23 heavy (non-hydrogen) atoms. The molecular formula is C20H30O3. The second-order valence-electron chi connectivity index (χ2n) is 6.56. The summed E-state index contributed by atoms with van der Waals surface area (Å²) in [4.78, 5) is 12.4. The molecule has 0 heterocycles. The molecule has 1 aromatic rings. The smallest absolute Gasteiger partial charge is 0.309 e. The summed E-state index contributed by atoms with van der Waals surface area (Å²) in [5.41, 5.74) is 1.13. The average molecular weight is 318 g/mol. The van der Waals surface area contributed by atoms with E-state index in [9.17, 15) is 4.79 Å². The van der Waals surface area contributed by atoms with E-state index in [-0.39, 0.29) is 18.0 Å². The number of benzene rings is 1. The SMILES string of the molecule is CCOC(=O)[C@H](CC1CCCCC1)C[C@H](OC)c1ccccc1. The van der Waals surface area contributed by atoms with Crippen molar-refractivity contribution in [2.75, 3.05) is 13.7 Å². The van der Waals surface area contributed by atoms with Gasteiger partial charge in [0.2, 0.25) is 0 Å². The van der Waals surface area contributed by atoms with Crippen LogP contribution in [0.25, 0.3) is 0 Å². The summed E-state index contributed by atoms with van der Waals surface area (Å²) < 4.78 is 11.0. The fourth-order valence-corrected chi connectivity index (χ4v) is 3.67. The molecule has 0 spiro atoms. The number of esters is 1. The molecule has 0 aliphatic heterocycles. The van der Waals surface area contributed by atoms with Crippen molar-refractivity contribution in [3.63, 3.8) is 0 Å². The number of methoxy groups -OCH3 is 1. The normalized spacial score (nSPS) is 18.3. The van der Waals surface area contributed by atoms with Crippen molar-refractivity contribution in [3.8, 4) is 0 Å². The third-order valence-electron chi connectivity index (χ3n) is 4.92. The van der Waals surface area contributed by atoms with E-state index in [4.69, 9.17) is 9.47 Å². The Kier molecular flexibility index (Phi) is 7.60. The molecule has 1 aliphatic carbocycles. The van der Waals surface area contributed by atoms with E-state index < -0.39 is 0 Å². The summed E-state index contributed by atoms with van der Waals surface area (Å²) >= 11 is 0. The fraction of sp³-hybridized carbons (Fsp3) is 0.650. The van der Waals surface area contributed by atoms with Crippen LogP contribution in [0.3, 0.4) is 0 Å². The van der Waals surface area contributed by atoms with E-state index >= 15 is 0 Å². The minimum atomic E-state index is -0.0665. The quantitative estimate of drug-likeness (QED) is 0.639. The van der Waals surface area contributed by atoms with E-state index in [0.29, 0.717) is 18.9 Å². The summed E-state index contributed by atoms with van der Waals surface area (Å²) in [5.74, 6) is 0.533. The average Bonchev–Trinajstić information content (AvgIpc) is 2.60. The monoisotopic (exact) mass is 318 g/mol. The molecule has 0 amide bonds. The third-order valence-corrected chi connectivity index (χ3v) is 4.92. The summed E-state index contributed by atoms with van der Waals surface area (Å²) in [6.45, 7) is 2.32. The highest BCUT2D eigenvalue weighted by Crippen LogP contribution is 2.34. The van der Waals surface area contributed by atoms with Crippen LogP contribution in [0.4, 0.5) is 0 Å². The van der Waals surface area contributed by atoms with Crippen LogP contribution >= 0.6 is 0 Å². The van der Waals surface area contributed by atoms with Crippen molar-refractivity contribution < 1.29 is 14.3 Å². The maximum absolute atomic E-state index is 12.4. The van der Waals surface area contributed by atoms with Crippen molar-refractivity contribution >= 4 is 5.97 Å². The van der Waals surface area contributed by atoms with Crippen LogP contribution < -0.4 is 0 Å². The number of hydrogen-bond donors (Lipinski definition) is 0. The van der Waals surface area contributed by atoms with Gasteiger partial charge >= 0.3 is 5.97 Å². The first-order valence-electron chi connectivity index (χ1n) is 8.99. The molecule has 3 heteroatoms. The van der Waals surface area contributed by atoms with E-state index in [1.54, 1.807) is 7.11 Å². The molecule has 0 aromatic heterocycles. The lowest BCUT2D eigenvalue weighted by molar-refractivity contribution is -0.150. The first kappa shape index (κ1) is 18.0. The van der Waals surface area contributed by atoms with Gasteiger partial charge < -0.3 is 9.47 Å². The minimum absolute atomic E-state index is 0.0470. The molecule has 0 N–H and O–H groups in total. The molecule has 0 radical (unpaired) electrons. The van der Waals surface area contributed by atoms with Gasteiger partial charge in [0.05, 0.1) is 18.6 Å². The number of hydrogen-bond acceptors (Lipinski definition) is 3. The molecule has 0 unspecified atom stereocenters. The molecular weight excluding hydrogens is 288 g/mol. The Labute approximate surface area is 140 Å². The first-order chi connectivity index (χ1) is 11.2. The standard InChI is InChI=1S/C20H30O3/c1-3-23-20(21)18(14-16-10-6-4-7-11-16)15-19(22-2)17-12-8-5-9-13-17/h5,8-9,12-13,16,18-19H,3-4,6-7,10-11,14-15H2,1-2H3/t18-,19+/m1/s1. The molecule has 1 aliphatic rings. The molecule has 1 fully saturated rings. The van der Waals surface area contributed by atoms with E-state index in [0.717, 1.165) is 12.0 Å². The summed E-state index contributed by atoms with van der Waals surface area (Å²) in [6.07, 6.45) is 8.03. The molecule has 2 rings (SSSR count). The zero-order valence-corrected chi connectivity index (χ0v) is 14.5. The zero-order valence-electron chi connectivity index (χ0n) is 14.5. The van der Waals surface area contributed by atoms with E-state index in [1.807, 2.05) is 25.1 Å². The Morgan fingerprint density at radius 2 is 1.87 bits per heavy atom. The fourth-order valence-electron chi connectivity index (χ4n) is 3.67. The highest BCUT2D eigenvalue weighted by molar-refractivity contribution is 5.72. The predicted molar refractivity (Wildman–Crippen MR) is 92.1 cm³/mol. The van der Waals surface area contributed by atoms with Crippen LogP contribution in [0.1, 0.15) is 63.5 Å². The van der Waals surface area contributed by atoms with Gasteiger partial charge in [-0.05, 0) is 31.2 Å². The maximum Gasteiger partial charge on any atom is 0.309 e. The second-order valence-corrected chi connectivity index (χ2v) is 6.56. The van der Waals surface area contributed by atoms with Crippen molar-refractivity contribution in [2.24, 2.45) is 11.8 Å². The highest BCUT2D eigenvalue weighted by Gasteiger charge is 2.28. The Bertz CT molecular complexity index is 451.